The van der Waals surface area contributed by atoms with Gasteiger partial charge in [0, 0.05) is 17.2 Å². The number of carbonyl (C=O) groups is 1. The minimum absolute atomic E-state index is 0.199. The number of hydrogen-bond donors (Lipinski definition) is 1. The van der Waals surface area contributed by atoms with Gasteiger partial charge in [-0.1, -0.05) is 22.0 Å². The molecule has 1 amide bonds. The molecule has 0 fully saturated rings. The van der Waals surface area contributed by atoms with Crippen LogP contribution in [0.3, 0.4) is 0 Å². The highest BCUT2D eigenvalue weighted by Crippen LogP contribution is 2.34. The highest BCUT2D eigenvalue weighted by Gasteiger charge is 2.45. The summed E-state index contributed by atoms with van der Waals surface area (Å²) in [5.41, 5.74) is 0.592. The van der Waals surface area contributed by atoms with Gasteiger partial charge in [-0.3, -0.25) is 9.78 Å². The van der Waals surface area contributed by atoms with Crippen molar-refractivity contribution in [2.75, 3.05) is 0 Å². The van der Waals surface area contributed by atoms with Crippen LogP contribution >= 0.6 is 15.9 Å². The van der Waals surface area contributed by atoms with Gasteiger partial charge in [-0.05, 0) is 42.3 Å². The molecule has 1 unspecified atom stereocenters. The van der Waals surface area contributed by atoms with Crippen molar-refractivity contribution in [3.8, 4) is 0 Å². The summed E-state index contributed by atoms with van der Waals surface area (Å²) in [6.45, 7) is 2.17. The maximum Gasteiger partial charge on any atom is 0.258 e. The fourth-order valence-corrected chi connectivity index (χ4v) is 2.97. The van der Waals surface area contributed by atoms with Crippen molar-refractivity contribution in [2.24, 2.45) is 0 Å². The normalized spacial score (nSPS) is 20.7. The SMILES string of the molecule is [B]C1(O)c2ncccc2C(=O)N1Cc1ccc(Br)cc1C. The molecule has 104 valence electrons. The molecule has 4 nitrogen and oxygen atoms in total. The number of benzene rings is 1. The second-order valence-corrected chi connectivity index (χ2v) is 6.00. The fraction of sp³-hybridized carbons (Fsp3) is 0.200. The predicted octanol–water partition coefficient (Wildman–Crippen LogP) is 2.08. The van der Waals surface area contributed by atoms with E-state index in [4.69, 9.17) is 7.85 Å². The van der Waals surface area contributed by atoms with Gasteiger partial charge in [-0.25, -0.2) is 0 Å². The van der Waals surface area contributed by atoms with E-state index in [1.54, 1.807) is 12.1 Å². The van der Waals surface area contributed by atoms with Crippen molar-refractivity contribution in [3.05, 3.63) is 63.4 Å². The largest absolute Gasteiger partial charge is 0.374 e. The lowest BCUT2D eigenvalue weighted by Gasteiger charge is -2.31. The molecule has 2 radical (unpaired) electrons. The Balaban J connectivity index is 1.99. The predicted molar refractivity (Wildman–Crippen MR) is 82.6 cm³/mol. The zero-order valence-corrected chi connectivity index (χ0v) is 13.0. The number of aryl methyl sites for hydroxylation is 1. The summed E-state index contributed by atoms with van der Waals surface area (Å²) in [4.78, 5) is 17.7. The topological polar surface area (TPSA) is 53.4 Å². The summed E-state index contributed by atoms with van der Waals surface area (Å²) >= 11 is 3.40. The first-order chi connectivity index (χ1) is 9.91. The van der Waals surface area contributed by atoms with E-state index in [0.717, 1.165) is 15.6 Å². The quantitative estimate of drug-likeness (QED) is 0.850. The van der Waals surface area contributed by atoms with E-state index in [9.17, 15) is 9.90 Å². The maximum atomic E-state index is 12.4. The number of pyridine rings is 1. The van der Waals surface area contributed by atoms with Crippen LogP contribution in [-0.2, 0) is 12.2 Å². The molecule has 1 N–H and O–H groups in total. The first-order valence-corrected chi connectivity index (χ1v) is 7.24. The number of aliphatic hydroxyl groups is 1. The number of hydrogen-bond acceptors (Lipinski definition) is 3. The van der Waals surface area contributed by atoms with E-state index in [-0.39, 0.29) is 18.1 Å². The van der Waals surface area contributed by atoms with E-state index < -0.39 is 5.62 Å². The minimum atomic E-state index is -1.88. The fourth-order valence-electron chi connectivity index (χ4n) is 2.50. The molecule has 1 aliphatic heterocycles. The molecule has 1 aromatic carbocycles. The lowest BCUT2D eigenvalue weighted by molar-refractivity contribution is -0.0224. The van der Waals surface area contributed by atoms with Gasteiger partial charge in [0.15, 0.2) is 7.85 Å². The Hall–Kier alpha value is -1.66. The van der Waals surface area contributed by atoms with Gasteiger partial charge in [0.2, 0.25) is 0 Å². The summed E-state index contributed by atoms with van der Waals surface area (Å²) < 4.78 is 0.962. The molecule has 0 aliphatic carbocycles. The van der Waals surface area contributed by atoms with Gasteiger partial charge < -0.3 is 10.0 Å². The average Bonchev–Trinajstić information content (AvgIpc) is 2.63. The monoisotopic (exact) mass is 342 g/mol. The molecule has 6 heteroatoms. The molecule has 0 saturated heterocycles. The van der Waals surface area contributed by atoms with Crippen LogP contribution in [0.2, 0.25) is 0 Å². The number of carbonyl (C=O) groups excluding carboxylic acids is 1. The molecule has 2 aromatic rings. The average molecular weight is 343 g/mol. The van der Waals surface area contributed by atoms with Crippen LogP contribution in [-0.4, -0.2) is 28.7 Å². The van der Waals surface area contributed by atoms with Crippen LogP contribution in [0.15, 0.2) is 41.0 Å². The summed E-state index contributed by atoms with van der Waals surface area (Å²) in [7, 11) is 5.94. The third-order valence-corrected chi connectivity index (χ3v) is 4.17. The van der Waals surface area contributed by atoms with E-state index >= 15 is 0 Å². The molecular formula is C15H12BBrN2O2. The third kappa shape index (κ3) is 2.28. The number of halogens is 1. The Morgan fingerprint density at radius 1 is 1.43 bits per heavy atom. The number of aromatic nitrogens is 1. The first kappa shape index (κ1) is 14.3. The van der Waals surface area contributed by atoms with Gasteiger partial charge >= 0.3 is 0 Å². The third-order valence-electron chi connectivity index (χ3n) is 3.68. The van der Waals surface area contributed by atoms with Gasteiger partial charge in [0.05, 0.1) is 11.3 Å². The molecule has 2 heterocycles. The second-order valence-electron chi connectivity index (χ2n) is 5.09. The van der Waals surface area contributed by atoms with E-state index in [0.29, 0.717) is 5.56 Å². The van der Waals surface area contributed by atoms with E-state index in [1.165, 1.54) is 11.1 Å². The second kappa shape index (κ2) is 4.96. The molecular weight excluding hydrogens is 331 g/mol. The Labute approximate surface area is 132 Å². The van der Waals surface area contributed by atoms with Crippen LogP contribution in [0.1, 0.15) is 27.2 Å². The van der Waals surface area contributed by atoms with Gasteiger partial charge in [-0.2, -0.15) is 0 Å². The number of rotatable bonds is 2. The van der Waals surface area contributed by atoms with E-state index in [2.05, 4.69) is 20.9 Å². The van der Waals surface area contributed by atoms with Gasteiger partial charge in [0.25, 0.3) is 5.91 Å². The van der Waals surface area contributed by atoms with Crippen molar-refractivity contribution in [3.63, 3.8) is 0 Å². The minimum Gasteiger partial charge on any atom is -0.374 e. The Morgan fingerprint density at radius 3 is 2.86 bits per heavy atom. The van der Waals surface area contributed by atoms with Crippen molar-refractivity contribution >= 4 is 29.7 Å². The molecule has 1 atom stereocenters. The highest BCUT2D eigenvalue weighted by atomic mass is 79.9. The zero-order valence-electron chi connectivity index (χ0n) is 11.4. The van der Waals surface area contributed by atoms with Crippen LogP contribution < -0.4 is 0 Å². The highest BCUT2D eigenvalue weighted by molar-refractivity contribution is 9.10. The first-order valence-electron chi connectivity index (χ1n) is 6.45. The molecule has 1 aliphatic rings. The Morgan fingerprint density at radius 2 is 2.19 bits per heavy atom. The number of nitrogens with zero attached hydrogens (tertiary/aromatic N) is 2. The molecule has 21 heavy (non-hydrogen) atoms. The van der Waals surface area contributed by atoms with Crippen molar-refractivity contribution in [1.29, 1.82) is 0 Å². The summed E-state index contributed by atoms with van der Waals surface area (Å²) in [5.74, 6) is -0.314. The van der Waals surface area contributed by atoms with Crippen LogP contribution in [0, 0.1) is 6.92 Å². The number of fused-ring (bicyclic) bond motifs is 1. The standard InChI is InChI=1S/C15H12BBrN2O2/c1-9-7-11(17)5-4-10(9)8-19-14(20)12-3-2-6-18-13(12)15(19,16)21/h2-7,21H,8H2,1H3. The van der Waals surface area contributed by atoms with Crippen LogP contribution in [0.25, 0.3) is 0 Å². The maximum absolute atomic E-state index is 12.4. The van der Waals surface area contributed by atoms with E-state index in [1.807, 2.05) is 25.1 Å². The van der Waals surface area contributed by atoms with Crippen LogP contribution in [0.4, 0.5) is 0 Å². The van der Waals surface area contributed by atoms with Gasteiger partial charge in [-0.15, -0.1) is 0 Å². The summed E-state index contributed by atoms with van der Waals surface area (Å²) in [6.07, 6.45) is 1.51. The smallest absolute Gasteiger partial charge is 0.258 e. The molecule has 3 rings (SSSR count). The lowest BCUT2D eigenvalue weighted by atomic mass is 9.87. The zero-order chi connectivity index (χ0) is 15.2. The molecule has 0 saturated carbocycles. The van der Waals surface area contributed by atoms with Crippen molar-refractivity contribution in [2.45, 2.75) is 19.1 Å². The Kier molecular flexibility index (Phi) is 3.38. The Bertz CT molecular complexity index is 733. The number of amides is 1. The molecule has 1 aromatic heterocycles. The molecule has 0 bridgehead atoms. The lowest BCUT2D eigenvalue weighted by Crippen LogP contribution is -2.44. The van der Waals surface area contributed by atoms with Crippen molar-refractivity contribution < 1.29 is 9.90 Å². The summed E-state index contributed by atoms with van der Waals surface area (Å²) in [5, 5.41) is 10.5. The van der Waals surface area contributed by atoms with Crippen molar-refractivity contribution in [1.82, 2.24) is 9.88 Å². The van der Waals surface area contributed by atoms with Gasteiger partial charge in [0.1, 0.15) is 5.62 Å². The molecule has 0 spiro atoms. The summed E-state index contributed by atoms with van der Waals surface area (Å²) in [6, 6.07) is 9.03. The van der Waals surface area contributed by atoms with Crippen LogP contribution in [0.5, 0.6) is 0 Å².